The van der Waals surface area contributed by atoms with E-state index in [-0.39, 0.29) is 0 Å². The summed E-state index contributed by atoms with van der Waals surface area (Å²) in [6.07, 6.45) is 2.38. The minimum Gasteiger partial charge on any atom is -0.384 e. The standard InChI is InChI=1S/C13H16N4S/c1-17(8-10-3-2-6-18-10)12-7-11(14)15-13(16-12)9-4-5-9/h2-3,6-7,9H,4-5,8H2,1H3,(H2,14,15,16). The second-order valence-electron chi connectivity index (χ2n) is 4.72. The number of hydrogen-bond acceptors (Lipinski definition) is 5. The molecule has 2 aromatic rings. The number of nitrogens with zero attached hydrogens (tertiary/aromatic N) is 3. The fraction of sp³-hybridized carbons (Fsp3) is 0.385. The van der Waals surface area contributed by atoms with Gasteiger partial charge in [0.2, 0.25) is 0 Å². The Kier molecular flexibility index (Phi) is 2.91. The molecule has 1 aliphatic rings. The van der Waals surface area contributed by atoms with Crippen molar-refractivity contribution in [3.05, 3.63) is 34.3 Å². The molecule has 0 aromatic carbocycles. The van der Waals surface area contributed by atoms with Crippen LogP contribution in [0.3, 0.4) is 0 Å². The van der Waals surface area contributed by atoms with Crippen molar-refractivity contribution in [1.29, 1.82) is 0 Å². The van der Waals surface area contributed by atoms with Gasteiger partial charge in [-0.3, -0.25) is 0 Å². The van der Waals surface area contributed by atoms with Gasteiger partial charge in [-0.1, -0.05) is 6.07 Å². The van der Waals surface area contributed by atoms with Crippen LogP contribution in [-0.2, 0) is 6.54 Å². The topological polar surface area (TPSA) is 55.0 Å². The first-order valence-electron chi connectivity index (χ1n) is 6.10. The minimum absolute atomic E-state index is 0.530. The predicted octanol–water partition coefficient (Wildman–Crippen LogP) is 2.63. The van der Waals surface area contributed by atoms with E-state index in [1.807, 2.05) is 13.1 Å². The van der Waals surface area contributed by atoms with Crippen molar-refractivity contribution in [1.82, 2.24) is 9.97 Å². The van der Waals surface area contributed by atoms with Crippen LogP contribution in [0.25, 0.3) is 0 Å². The van der Waals surface area contributed by atoms with E-state index >= 15 is 0 Å². The van der Waals surface area contributed by atoms with E-state index in [1.54, 1.807) is 11.3 Å². The first kappa shape index (κ1) is 11.5. The molecule has 4 nitrogen and oxygen atoms in total. The lowest BCUT2D eigenvalue weighted by Gasteiger charge is -2.18. The number of rotatable bonds is 4. The van der Waals surface area contributed by atoms with E-state index in [1.165, 1.54) is 17.7 Å². The highest BCUT2D eigenvalue weighted by Crippen LogP contribution is 2.38. The van der Waals surface area contributed by atoms with E-state index < -0.39 is 0 Å². The van der Waals surface area contributed by atoms with Crippen molar-refractivity contribution in [2.45, 2.75) is 25.3 Å². The summed E-state index contributed by atoms with van der Waals surface area (Å²) in [6, 6.07) is 6.05. The van der Waals surface area contributed by atoms with Gasteiger partial charge in [-0.15, -0.1) is 11.3 Å². The molecular formula is C13H16N4S. The van der Waals surface area contributed by atoms with Crippen molar-refractivity contribution >= 4 is 23.0 Å². The number of aromatic nitrogens is 2. The lowest BCUT2D eigenvalue weighted by atomic mass is 10.3. The Labute approximate surface area is 110 Å². The maximum absolute atomic E-state index is 5.86. The van der Waals surface area contributed by atoms with Gasteiger partial charge < -0.3 is 10.6 Å². The molecule has 3 rings (SSSR count). The lowest BCUT2D eigenvalue weighted by molar-refractivity contribution is 0.864. The first-order valence-corrected chi connectivity index (χ1v) is 6.98. The van der Waals surface area contributed by atoms with Crippen LogP contribution in [0.5, 0.6) is 0 Å². The Hall–Kier alpha value is -1.62. The second-order valence-corrected chi connectivity index (χ2v) is 5.75. The van der Waals surface area contributed by atoms with Crippen LogP contribution in [0, 0.1) is 0 Å². The van der Waals surface area contributed by atoms with E-state index in [4.69, 9.17) is 5.73 Å². The van der Waals surface area contributed by atoms with Crippen LogP contribution >= 0.6 is 11.3 Å². The van der Waals surface area contributed by atoms with Crippen LogP contribution in [0.2, 0.25) is 0 Å². The zero-order valence-corrected chi connectivity index (χ0v) is 11.2. The van der Waals surface area contributed by atoms with Crippen LogP contribution in [0.1, 0.15) is 29.5 Å². The smallest absolute Gasteiger partial charge is 0.136 e. The van der Waals surface area contributed by atoms with Crippen LogP contribution in [-0.4, -0.2) is 17.0 Å². The van der Waals surface area contributed by atoms with E-state index in [2.05, 4.69) is 32.4 Å². The summed E-state index contributed by atoms with van der Waals surface area (Å²) in [5.74, 6) is 2.92. The van der Waals surface area contributed by atoms with E-state index in [9.17, 15) is 0 Å². The van der Waals surface area contributed by atoms with Gasteiger partial charge in [-0.05, 0) is 24.3 Å². The van der Waals surface area contributed by atoms with Gasteiger partial charge in [0.15, 0.2) is 0 Å². The summed E-state index contributed by atoms with van der Waals surface area (Å²) in [6.45, 7) is 0.859. The quantitative estimate of drug-likeness (QED) is 0.918. The molecule has 1 saturated carbocycles. The molecule has 0 radical (unpaired) electrons. The van der Waals surface area contributed by atoms with Gasteiger partial charge in [0, 0.05) is 23.9 Å². The van der Waals surface area contributed by atoms with Gasteiger partial charge in [0.25, 0.3) is 0 Å². The highest BCUT2D eigenvalue weighted by Gasteiger charge is 2.27. The summed E-state index contributed by atoms with van der Waals surface area (Å²) < 4.78 is 0. The molecule has 0 amide bonds. The number of anilines is 2. The van der Waals surface area contributed by atoms with E-state index in [0.717, 1.165) is 18.2 Å². The zero-order chi connectivity index (χ0) is 12.5. The van der Waals surface area contributed by atoms with Crippen molar-refractivity contribution < 1.29 is 0 Å². The van der Waals surface area contributed by atoms with Gasteiger partial charge >= 0.3 is 0 Å². The monoisotopic (exact) mass is 260 g/mol. The van der Waals surface area contributed by atoms with Gasteiger partial charge in [-0.2, -0.15) is 0 Å². The highest BCUT2D eigenvalue weighted by molar-refractivity contribution is 7.09. The molecule has 1 aliphatic carbocycles. The first-order chi connectivity index (χ1) is 8.72. The molecule has 1 fully saturated rings. The van der Waals surface area contributed by atoms with Gasteiger partial charge in [0.1, 0.15) is 17.5 Å². The average molecular weight is 260 g/mol. The molecule has 2 heterocycles. The fourth-order valence-corrected chi connectivity index (χ4v) is 2.67. The number of hydrogen-bond donors (Lipinski definition) is 1. The molecule has 0 saturated heterocycles. The van der Waals surface area contributed by atoms with Crippen LogP contribution in [0.4, 0.5) is 11.6 Å². The Bertz CT molecular complexity index is 534. The number of nitrogen functional groups attached to an aromatic ring is 1. The largest absolute Gasteiger partial charge is 0.384 e. The summed E-state index contributed by atoms with van der Waals surface area (Å²) in [4.78, 5) is 12.4. The van der Waals surface area contributed by atoms with Crippen molar-refractivity contribution in [3.8, 4) is 0 Å². The van der Waals surface area contributed by atoms with Crippen molar-refractivity contribution in [2.75, 3.05) is 17.7 Å². The molecule has 0 unspecified atom stereocenters. The Morgan fingerprint density at radius 2 is 2.28 bits per heavy atom. The van der Waals surface area contributed by atoms with Crippen molar-refractivity contribution in [3.63, 3.8) is 0 Å². The molecule has 2 aromatic heterocycles. The third kappa shape index (κ3) is 2.46. The molecule has 0 spiro atoms. The summed E-state index contributed by atoms with van der Waals surface area (Å²) in [5.41, 5.74) is 5.86. The third-order valence-corrected chi connectivity index (χ3v) is 3.92. The Morgan fingerprint density at radius 3 is 2.94 bits per heavy atom. The minimum atomic E-state index is 0.530. The van der Waals surface area contributed by atoms with Crippen LogP contribution < -0.4 is 10.6 Å². The number of nitrogens with two attached hydrogens (primary N) is 1. The third-order valence-electron chi connectivity index (χ3n) is 3.06. The summed E-state index contributed by atoms with van der Waals surface area (Å²) in [7, 11) is 2.04. The molecule has 0 bridgehead atoms. The normalized spacial score (nSPS) is 14.7. The fourth-order valence-electron chi connectivity index (χ4n) is 1.91. The van der Waals surface area contributed by atoms with Gasteiger partial charge in [0.05, 0.1) is 6.54 Å². The second kappa shape index (κ2) is 4.57. The molecule has 94 valence electrons. The molecule has 0 aliphatic heterocycles. The maximum Gasteiger partial charge on any atom is 0.136 e. The lowest BCUT2D eigenvalue weighted by Crippen LogP contribution is -2.18. The van der Waals surface area contributed by atoms with Crippen molar-refractivity contribution in [2.24, 2.45) is 0 Å². The van der Waals surface area contributed by atoms with Crippen LogP contribution in [0.15, 0.2) is 23.6 Å². The average Bonchev–Trinajstić information content (AvgIpc) is 3.08. The highest BCUT2D eigenvalue weighted by atomic mass is 32.1. The molecule has 18 heavy (non-hydrogen) atoms. The molecular weight excluding hydrogens is 244 g/mol. The summed E-state index contributed by atoms with van der Waals surface area (Å²) in [5, 5.41) is 2.09. The molecule has 2 N–H and O–H groups in total. The SMILES string of the molecule is CN(Cc1cccs1)c1cc(N)nc(C2CC2)n1. The summed E-state index contributed by atoms with van der Waals surface area (Å²) >= 11 is 1.76. The zero-order valence-electron chi connectivity index (χ0n) is 10.3. The van der Waals surface area contributed by atoms with E-state index in [0.29, 0.717) is 11.7 Å². The van der Waals surface area contributed by atoms with Gasteiger partial charge in [-0.25, -0.2) is 9.97 Å². The predicted molar refractivity (Wildman–Crippen MR) is 74.8 cm³/mol. The number of thiophene rings is 1. The molecule has 5 heteroatoms. The molecule has 0 atom stereocenters. The Balaban J connectivity index is 1.81. The Morgan fingerprint density at radius 1 is 1.44 bits per heavy atom. The maximum atomic E-state index is 5.86.